The Hall–Kier alpha value is -5.44. The molecule has 1 nitrogen and oxygen atoms in total. The minimum absolute atomic E-state index is 0.142. The smallest absolute Gasteiger partial charge is 0.0540 e. The molecule has 1 aliphatic carbocycles. The number of fused-ring (bicyclic) bond motifs is 6. The molecular weight excluding hydrogens is 587 g/mol. The third-order valence-electron chi connectivity index (χ3n) is 9.85. The van der Waals surface area contributed by atoms with E-state index in [1.54, 1.807) is 0 Å². The minimum Gasteiger partial charge on any atom is -0.310 e. The fourth-order valence-corrected chi connectivity index (χ4v) is 8.81. The summed E-state index contributed by atoms with van der Waals surface area (Å²) in [5.74, 6) is 0. The van der Waals surface area contributed by atoms with Crippen LogP contribution in [0.5, 0.6) is 0 Å². The molecule has 8 aromatic rings. The topological polar surface area (TPSA) is 3.24 Å². The normalized spacial score (nSPS) is 13.1. The van der Waals surface area contributed by atoms with E-state index in [1.165, 1.54) is 64.7 Å². The van der Waals surface area contributed by atoms with Crippen LogP contribution in [0.25, 0.3) is 53.6 Å². The summed E-state index contributed by atoms with van der Waals surface area (Å²) < 4.78 is 2.69. The number of anilines is 3. The Labute approximate surface area is 280 Å². The summed E-state index contributed by atoms with van der Waals surface area (Å²) in [6.45, 7) is 4.79. The van der Waals surface area contributed by atoms with Crippen molar-refractivity contribution >= 4 is 48.6 Å². The SMILES string of the molecule is CC1(C)c2ccc(N(c3ccccc3)c3ccccc3-c3ccccc3)cc2-c2c1cc1sc3ccccc3c1c2-c1ccccc1. The van der Waals surface area contributed by atoms with E-state index in [9.17, 15) is 0 Å². The highest BCUT2D eigenvalue weighted by molar-refractivity contribution is 7.26. The van der Waals surface area contributed by atoms with Gasteiger partial charge in [0.05, 0.1) is 5.69 Å². The van der Waals surface area contributed by atoms with Gasteiger partial charge < -0.3 is 4.90 Å². The van der Waals surface area contributed by atoms with Gasteiger partial charge in [0.2, 0.25) is 0 Å². The second kappa shape index (κ2) is 10.8. The molecule has 1 aliphatic rings. The first-order valence-electron chi connectivity index (χ1n) is 16.3. The molecule has 1 heterocycles. The van der Waals surface area contributed by atoms with Crippen LogP contribution in [0.1, 0.15) is 25.0 Å². The van der Waals surface area contributed by atoms with Crippen LogP contribution in [0.15, 0.2) is 164 Å². The first-order chi connectivity index (χ1) is 23.1. The van der Waals surface area contributed by atoms with E-state index >= 15 is 0 Å². The van der Waals surface area contributed by atoms with Gasteiger partial charge in [0.1, 0.15) is 0 Å². The number of benzene rings is 7. The number of hydrogen-bond acceptors (Lipinski definition) is 2. The van der Waals surface area contributed by atoms with Gasteiger partial charge in [0, 0.05) is 42.5 Å². The lowest BCUT2D eigenvalue weighted by atomic mass is 9.81. The van der Waals surface area contributed by atoms with Crippen molar-refractivity contribution in [1.82, 2.24) is 0 Å². The number of thiophene rings is 1. The zero-order valence-corrected chi connectivity index (χ0v) is 27.3. The van der Waals surface area contributed by atoms with Crippen LogP contribution < -0.4 is 4.90 Å². The predicted octanol–water partition coefficient (Wildman–Crippen LogP) is 13.2. The molecule has 0 aliphatic heterocycles. The second-order valence-electron chi connectivity index (χ2n) is 12.9. The summed E-state index contributed by atoms with van der Waals surface area (Å²) in [6, 6.07) is 59.8. The van der Waals surface area contributed by atoms with Crippen LogP contribution >= 0.6 is 11.3 Å². The number of nitrogens with zero attached hydrogens (tertiary/aromatic N) is 1. The molecule has 0 saturated heterocycles. The molecule has 0 saturated carbocycles. The fourth-order valence-electron chi connectivity index (χ4n) is 7.66. The molecule has 0 N–H and O–H groups in total. The van der Waals surface area contributed by atoms with E-state index in [1.807, 2.05) is 11.3 Å². The lowest BCUT2D eigenvalue weighted by Crippen LogP contribution is -2.15. The van der Waals surface area contributed by atoms with Crippen molar-refractivity contribution in [2.24, 2.45) is 0 Å². The lowest BCUT2D eigenvalue weighted by Gasteiger charge is -2.29. The maximum Gasteiger partial charge on any atom is 0.0540 e. The van der Waals surface area contributed by atoms with E-state index < -0.39 is 0 Å². The van der Waals surface area contributed by atoms with Crippen molar-refractivity contribution in [1.29, 1.82) is 0 Å². The monoisotopic (exact) mass is 619 g/mol. The Morgan fingerprint density at radius 1 is 0.468 bits per heavy atom. The molecule has 0 radical (unpaired) electrons. The average Bonchev–Trinajstić information content (AvgIpc) is 3.60. The highest BCUT2D eigenvalue weighted by atomic mass is 32.1. The Kier molecular flexibility index (Phi) is 6.41. The van der Waals surface area contributed by atoms with Gasteiger partial charge in [-0.25, -0.2) is 0 Å². The Morgan fingerprint density at radius 2 is 1.11 bits per heavy atom. The fraction of sp³-hybridized carbons (Fsp3) is 0.0667. The second-order valence-corrected chi connectivity index (χ2v) is 14.0. The molecule has 2 heteroatoms. The molecule has 0 spiro atoms. The van der Waals surface area contributed by atoms with E-state index in [0.717, 1.165) is 17.1 Å². The van der Waals surface area contributed by atoms with Gasteiger partial charge in [-0.3, -0.25) is 0 Å². The number of hydrogen-bond donors (Lipinski definition) is 0. The lowest BCUT2D eigenvalue weighted by molar-refractivity contribution is 0.661. The van der Waals surface area contributed by atoms with Crippen LogP contribution in [0, 0.1) is 0 Å². The summed E-state index contributed by atoms with van der Waals surface area (Å²) in [7, 11) is 0. The molecule has 0 bridgehead atoms. The molecule has 0 amide bonds. The van der Waals surface area contributed by atoms with Crippen molar-refractivity contribution in [3.63, 3.8) is 0 Å². The zero-order chi connectivity index (χ0) is 31.5. The minimum atomic E-state index is -0.142. The van der Waals surface area contributed by atoms with Gasteiger partial charge in [-0.1, -0.05) is 135 Å². The molecule has 7 aromatic carbocycles. The zero-order valence-electron chi connectivity index (χ0n) is 26.4. The van der Waals surface area contributed by atoms with E-state index in [-0.39, 0.29) is 5.41 Å². The Balaban J connectivity index is 1.35. The molecule has 9 rings (SSSR count). The van der Waals surface area contributed by atoms with Gasteiger partial charge in [-0.05, 0) is 81.4 Å². The van der Waals surface area contributed by atoms with E-state index in [2.05, 4.69) is 183 Å². The molecule has 0 unspecified atom stereocenters. The van der Waals surface area contributed by atoms with Crippen LogP contribution in [-0.4, -0.2) is 0 Å². The molecule has 1 aromatic heterocycles. The third-order valence-corrected chi connectivity index (χ3v) is 11.0. The Morgan fingerprint density at radius 3 is 1.87 bits per heavy atom. The molecule has 47 heavy (non-hydrogen) atoms. The van der Waals surface area contributed by atoms with Crippen molar-refractivity contribution in [3.05, 3.63) is 175 Å². The molecule has 224 valence electrons. The largest absolute Gasteiger partial charge is 0.310 e. The van der Waals surface area contributed by atoms with Crippen LogP contribution in [-0.2, 0) is 5.41 Å². The maximum absolute atomic E-state index is 2.49. The first kappa shape index (κ1) is 27.8. The summed E-state index contributed by atoms with van der Waals surface area (Å²) >= 11 is 1.91. The van der Waals surface area contributed by atoms with Crippen LogP contribution in [0.4, 0.5) is 17.1 Å². The van der Waals surface area contributed by atoms with Crippen molar-refractivity contribution in [3.8, 4) is 33.4 Å². The quantitative estimate of drug-likeness (QED) is 0.185. The Bertz CT molecular complexity index is 2420. The predicted molar refractivity (Wildman–Crippen MR) is 202 cm³/mol. The maximum atomic E-state index is 2.49. The number of para-hydroxylation sites is 2. The summed E-state index contributed by atoms with van der Waals surface area (Å²) in [5, 5.41) is 2.69. The summed E-state index contributed by atoms with van der Waals surface area (Å²) in [5.41, 5.74) is 13.8. The summed E-state index contributed by atoms with van der Waals surface area (Å²) in [4.78, 5) is 2.42. The van der Waals surface area contributed by atoms with E-state index in [4.69, 9.17) is 0 Å². The standard InChI is InChI=1S/C45H33NS/c1-45(2)37-27-26-33(46(32-20-10-5-11-21-32)39-24-14-12-22-34(39)30-16-6-3-7-17-30)28-36(37)43-38(45)29-41-44(35-23-13-15-25-40(35)47-41)42(43)31-18-8-4-9-19-31/h3-29H,1-2H3. The van der Waals surface area contributed by atoms with Gasteiger partial charge in [-0.15, -0.1) is 11.3 Å². The molecule has 0 fully saturated rings. The van der Waals surface area contributed by atoms with Crippen molar-refractivity contribution in [2.75, 3.05) is 4.90 Å². The van der Waals surface area contributed by atoms with Crippen LogP contribution in [0.3, 0.4) is 0 Å². The first-order valence-corrected chi connectivity index (χ1v) is 17.1. The van der Waals surface area contributed by atoms with Crippen LogP contribution in [0.2, 0.25) is 0 Å². The molecular formula is C45H33NS. The van der Waals surface area contributed by atoms with Gasteiger partial charge in [-0.2, -0.15) is 0 Å². The third kappa shape index (κ3) is 4.36. The highest BCUT2D eigenvalue weighted by Gasteiger charge is 2.39. The number of rotatable bonds is 5. The molecule has 0 atom stereocenters. The van der Waals surface area contributed by atoms with E-state index in [0.29, 0.717) is 0 Å². The average molecular weight is 620 g/mol. The van der Waals surface area contributed by atoms with Gasteiger partial charge in [0.25, 0.3) is 0 Å². The summed E-state index contributed by atoms with van der Waals surface area (Å²) in [6.07, 6.45) is 0. The highest BCUT2D eigenvalue weighted by Crippen LogP contribution is 2.57. The van der Waals surface area contributed by atoms with Gasteiger partial charge >= 0.3 is 0 Å². The van der Waals surface area contributed by atoms with Gasteiger partial charge in [0.15, 0.2) is 0 Å². The van der Waals surface area contributed by atoms with Crippen molar-refractivity contribution < 1.29 is 0 Å². The van der Waals surface area contributed by atoms with Crippen molar-refractivity contribution in [2.45, 2.75) is 19.3 Å².